The number of ether oxygens (including phenoxy) is 1. The van der Waals surface area contributed by atoms with Gasteiger partial charge in [-0.3, -0.25) is 4.90 Å². The molecule has 0 N–H and O–H groups in total. The topological polar surface area (TPSA) is 32.8 Å². The molecule has 126 valence electrons. The molecule has 1 aromatic carbocycles. The summed E-state index contributed by atoms with van der Waals surface area (Å²) >= 11 is 0. The zero-order valence-electron chi connectivity index (χ0n) is 13.5. The van der Waals surface area contributed by atoms with Crippen molar-refractivity contribution in [3.05, 3.63) is 35.9 Å². The average molecular weight is 320 g/mol. The third-order valence-corrected chi connectivity index (χ3v) is 4.84. The molecule has 1 atom stereocenters. The quantitative estimate of drug-likeness (QED) is 0.857. The largest absolute Gasteiger partial charge is 0.445 e. The zero-order valence-corrected chi connectivity index (χ0v) is 13.5. The minimum absolute atomic E-state index is 0.237. The predicted molar refractivity (Wildman–Crippen MR) is 86.9 cm³/mol. The SMILES string of the molecule is O=C(OCc1ccccc1)N1CCC[C@H](N2CCC(F)CC2)C1. The molecule has 2 aliphatic rings. The lowest BCUT2D eigenvalue weighted by molar-refractivity contribution is 0.0445. The van der Waals surface area contributed by atoms with E-state index >= 15 is 0 Å². The standard InChI is InChI=1S/C18H25FN2O2/c19-16-8-11-20(12-9-16)17-7-4-10-21(13-17)18(22)23-14-15-5-2-1-3-6-15/h1-3,5-6,16-17H,4,7-14H2/t17-/m0/s1. The number of nitrogens with zero attached hydrogens (tertiary/aromatic N) is 2. The van der Waals surface area contributed by atoms with Crippen LogP contribution >= 0.6 is 0 Å². The van der Waals surface area contributed by atoms with Gasteiger partial charge in [-0.1, -0.05) is 30.3 Å². The fraction of sp³-hybridized carbons (Fsp3) is 0.611. The highest BCUT2D eigenvalue weighted by Gasteiger charge is 2.30. The Morgan fingerprint density at radius 3 is 2.61 bits per heavy atom. The van der Waals surface area contributed by atoms with Gasteiger partial charge in [0.2, 0.25) is 0 Å². The Morgan fingerprint density at radius 1 is 1.13 bits per heavy atom. The van der Waals surface area contributed by atoms with Crippen molar-refractivity contribution in [2.45, 2.75) is 44.5 Å². The summed E-state index contributed by atoms with van der Waals surface area (Å²) in [6.07, 6.45) is 2.42. The average Bonchev–Trinajstić information content (AvgIpc) is 2.61. The molecular formula is C18H25FN2O2. The third kappa shape index (κ3) is 4.44. The molecule has 0 unspecified atom stereocenters. The van der Waals surface area contributed by atoms with Crippen molar-refractivity contribution in [3.63, 3.8) is 0 Å². The lowest BCUT2D eigenvalue weighted by Crippen LogP contribution is -2.52. The Labute approximate surface area is 137 Å². The summed E-state index contributed by atoms with van der Waals surface area (Å²) < 4.78 is 18.7. The molecule has 0 aliphatic carbocycles. The molecule has 2 heterocycles. The first kappa shape index (κ1) is 16.2. The Morgan fingerprint density at radius 2 is 1.87 bits per heavy atom. The van der Waals surface area contributed by atoms with E-state index in [1.54, 1.807) is 4.90 Å². The smallest absolute Gasteiger partial charge is 0.410 e. The first-order valence-corrected chi connectivity index (χ1v) is 8.56. The van der Waals surface area contributed by atoms with E-state index in [2.05, 4.69) is 4.90 Å². The monoisotopic (exact) mass is 320 g/mol. The van der Waals surface area contributed by atoms with Gasteiger partial charge in [-0.15, -0.1) is 0 Å². The maximum Gasteiger partial charge on any atom is 0.410 e. The number of piperidine rings is 2. The first-order chi connectivity index (χ1) is 11.2. The van der Waals surface area contributed by atoms with Crippen molar-refractivity contribution in [3.8, 4) is 0 Å². The van der Waals surface area contributed by atoms with Gasteiger partial charge in [0, 0.05) is 32.2 Å². The highest BCUT2D eigenvalue weighted by molar-refractivity contribution is 5.67. The van der Waals surface area contributed by atoms with Crippen molar-refractivity contribution in [1.82, 2.24) is 9.80 Å². The summed E-state index contributed by atoms with van der Waals surface area (Å²) in [5.41, 5.74) is 0.999. The van der Waals surface area contributed by atoms with Crippen LogP contribution in [0.25, 0.3) is 0 Å². The van der Waals surface area contributed by atoms with E-state index in [0.29, 0.717) is 32.0 Å². The van der Waals surface area contributed by atoms with Crippen LogP contribution in [0.2, 0.25) is 0 Å². The number of carbonyl (C=O) groups is 1. The first-order valence-electron chi connectivity index (χ1n) is 8.56. The lowest BCUT2D eigenvalue weighted by Gasteiger charge is -2.41. The van der Waals surface area contributed by atoms with E-state index in [4.69, 9.17) is 4.74 Å². The molecule has 2 fully saturated rings. The highest BCUT2D eigenvalue weighted by atomic mass is 19.1. The van der Waals surface area contributed by atoms with Gasteiger partial charge in [0.05, 0.1) is 0 Å². The number of halogens is 1. The second-order valence-corrected chi connectivity index (χ2v) is 6.49. The van der Waals surface area contributed by atoms with Crippen LogP contribution in [0.4, 0.5) is 9.18 Å². The molecular weight excluding hydrogens is 295 g/mol. The summed E-state index contributed by atoms with van der Waals surface area (Å²) in [4.78, 5) is 16.4. The molecule has 5 heteroatoms. The van der Waals surface area contributed by atoms with E-state index in [-0.39, 0.29) is 6.09 Å². The molecule has 1 aromatic rings. The Balaban J connectivity index is 1.48. The number of carbonyl (C=O) groups excluding carboxylic acids is 1. The lowest BCUT2D eigenvalue weighted by atomic mass is 10.0. The Kier molecular flexibility index (Phi) is 5.49. The van der Waals surface area contributed by atoms with Crippen LogP contribution in [0.1, 0.15) is 31.2 Å². The van der Waals surface area contributed by atoms with Gasteiger partial charge in [0.15, 0.2) is 0 Å². The van der Waals surface area contributed by atoms with Crippen LogP contribution in [0.5, 0.6) is 0 Å². The van der Waals surface area contributed by atoms with Crippen LogP contribution in [-0.2, 0) is 11.3 Å². The summed E-state index contributed by atoms with van der Waals surface area (Å²) in [5.74, 6) is 0. The second kappa shape index (κ2) is 7.77. The minimum atomic E-state index is -0.651. The number of amides is 1. The van der Waals surface area contributed by atoms with E-state index in [0.717, 1.165) is 38.0 Å². The van der Waals surface area contributed by atoms with Crippen LogP contribution in [0.3, 0.4) is 0 Å². The minimum Gasteiger partial charge on any atom is -0.445 e. The van der Waals surface area contributed by atoms with Gasteiger partial charge < -0.3 is 9.64 Å². The number of hydrogen-bond acceptors (Lipinski definition) is 3. The number of rotatable bonds is 3. The molecule has 4 nitrogen and oxygen atoms in total. The van der Waals surface area contributed by atoms with Crippen molar-refractivity contribution < 1.29 is 13.9 Å². The summed E-state index contributed by atoms with van der Waals surface area (Å²) in [5, 5.41) is 0. The molecule has 0 bridgehead atoms. The van der Waals surface area contributed by atoms with Gasteiger partial charge in [-0.25, -0.2) is 9.18 Å². The number of likely N-dealkylation sites (tertiary alicyclic amines) is 2. The van der Waals surface area contributed by atoms with E-state index in [1.807, 2.05) is 30.3 Å². The van der Waals surface area contributed by atoms with Crippen LogP contribution in [0.15, 0.2) is 30.3 Å². The summed E-state index contributed by atoms with van der Waals surface area (Å²) in [6.45, 7) is 3.37. The van der Waals surface area contributed by atoms with Gasteiger partial charge in [0.1, 0.15) is 12.8 Å². The van der Waals surface area contributed by atoms with Gasteiger partial charge in [-0.05, 0) is 31.2 Å². The molecule has 2 saturated heterocycles. The normalized spacial score (nSPS) is 23.7. The highest BCUT2D eigenvalue weighted by Crippen LogP contribution is 2.22. The summed E-state index contributed by atoms with van der Waals surface area (Å²) in [7, 11) is 0. The molecule has 0 radical (unpaired) electrons. The van der Waals surface area contributed by atoms with Crippen molar-refractivity contribution in [1.29, 1.82) is 0 Å². The molecule has 0 aromatic heterocycles. The number of benzene rings is 1. The fourth-order valence-electron chi connectivity index (χ4n) is 3.46. The molecule has 23 heavy (non-hydrogen) atoms. The third-order valence-electron chi connectivity index (χ3n) is 4.84. The second-order valence-electron chi connectivity index (χ2n) is 6.49. The van der Waals surface area contributed by atoms with E-state index in [1.165, 1.54) is 0 Å². The number of alkyl halides is 1. The van der Waals surface area contributed by atoms with Crippen LogP contribution < -0.4 is 0 Å². The maximum atomic E-state index is 13.3. The van der Waals surface area contributed by atoms with Crippen molar-refractivity contribution in [2.24, 2.45) is 0 Å². The maximum absolute atomic E-state index is 13.3. The zero-order chi connectivity index (χ0) is 16.1. The van der Waals surface area contributed by atoms with E-state index < -0.39 is 6.17 Å². The molecule has 0 saturated carbocycles. The van der Waals surface area contributed by atoms with E-state index in [9.17, 15) is 9.18 Å². The van der Waals surface area contributed by atoms with Crippen LogP contribution in [0, 0.1) is 0 Å². The molecule has 3 rings (SSSR count). The fourth-order valence-corrected chi connectivity index (χ4v) is 3.46. The predicted octanol–water partition coefficient (Wildman–Crippen LogP) is 3.22. The summed E-state index contributed by atoms with van der Waals surface area (Å²) in [6, 6.07) is 10.1. The molecule has 2 aliphatic heterocycles. The molecule has 1 amide bonds. The van der Waals surface area contributed by atoms with Crippen molar-refractivity contribution >= 4 is 6.09 Å². The van der Waals surface area contributed by atoms with Gasteiger partial charge in [-0.2, -0.15) is 0 Å². The Hall–Kier alpha value is -1.62. The van der Waals surface area contributed by atoms with Gasteiger partial charge >= 0.3 is 6.09 Å². The van der Waals surface area contributed by atoms with Gasteiger partial charge in [0.25, 0.3) is 0 Å². The molecule has 0 spiro atoms. The Bertz CT molecular complexity index is 503. The van der Waals surface area contributed by atoms with Crippen molar-refractivity contribution in [2.75, 3.05) is 26.2 Å². The number of hydrogen-bond donors (Lipinski definition) is 0. The van der Waals surface area contributed by atoms with Crippen LogP contribution in [-0.4, -0.2) is 54.3 Å².